The second-order valence-electron chi connectivity index (χ2n) is 10.9. The number of urea groups is 1. The third kappa shape index (κ3) is 3.73. The Labute approximate surface area is 218 Å². The lowest BCUT2D eigenvalue weighted by molar-refractivity contribution is 0.0349. The molecule has 6 rings (SSSR count). The fraction of sp³-hybridized carbons (Fsp3) is 0.654. The Morgan fingerprint density at radius 3 is 2.43 bits per heavy atom. The van der Waals surface area contributed by atoms with Crippen molar-refractivity contribution < 1.29 is 9.59 Å². The lowest BCUT2D eigenvalue weighted by Crippen LogP contribution is -2.71. The van der Waals surface area contributed by atoms with Gasteiger partial charge in [-0.05, 0) is 52.3 Å². The monoisotopic (exact) mass is 507 g/mol. The van der Waals surface area contributed by atoms with Crippen molar-refractivity contribution >= 4 is 29.2 Å². The van der Waals surface area contributed by atoms with Crippen molar-refractivity contribution in [1.82, 2.24) is 34.3 Å². The van der Waals surface area contributed by atoms with Crippen LogP contribution >= 0.6 is 0 Å². The molecule has 4 heterocycles. The molecule has 1 spiro atoms. The predicted octanol–water partition coefficient (Wildman–Crippen LogP) is 2.00. The van der Waals surface area contributed by atoms with Gasteiger partial charge >= 0.3 is 6.03 Å². The highest BCUT2D eigenvalue weighted by atomic mass is 16.2. The van der Waals surface area contributed by atoms with Crippen LogP contribution in [0, 0.1) is 0 Å². The largest absolute Gasteiger partial charge is 0.343 e. The molecule has 2 aliphatic carbocycles. The van der Waals surface area contributed by atoms with Crippen molar-refractivity contribution in [2.45, 2.75) is 69.9 Å². The molecule has 37 heavy (non-hydrogen) atoms. The van der Waals surface area contributed by atoms with Gasteiger partial charge in [-0.1, -0.05) is 6.92 Å². The van der Waals surface area contributed by atoms with Gasteiger partial charge in [0.25, 0.3) is 5.91 Å². The van der Waals surface area contributed by atoms with Gasteiger partial charge in [0.05, 0.1) is 18.1 Å². The molecule has 0 radical (unpaired) electrons. The Morgan fingerprint density at radius 2 is 1.84 bits per heavy atom. The van der Waals surface area contributed by atoms with E-state index in [1.807, 2.05) is 18.0 Å². The molecule has 3 fully saturated rings. The maximum atomic E-state index is 13.9. The Kier molecular flexibility index (Phi) is 5.76. The van der Waals surface area contributed by atoms with E-state index >= 15 is 0 Å². The minimum atomic E-state index is -0.558. The van der Waals surface area contributed by atoms with Crippen LogP contribution in [0.5, 0.6) is 0 Å². The van der Waals surface area contributed by atoms with Gasteiger partial charge in [0.15, 0.2) is 5.82 Å². The molecule has 5 aliphatic rings. The van der Waals surface area contributed by atoms with Crippen molar-refractivity contribution in [3.05, 3.63) is 24.0 Å². The summed E-state index contributed by atoms with van der Waals surface area (Å²) in [6.07, 6.45) is 8.39. The normalized spacial score (nSPS) is 28.5. The van der Waals surface area contributed by atoms with E-state index in [4.69, 9.17) is 9.98 Å². The van der Waals surface area contributed by atoms with Gasteiger partial charge in [0.2, 0.25) is 0 Å². The summed E-state index contributed by atoms with van der Waals surface area (Å²) >= 11 is 0. The van der Waals surface area contributed by atoms with E-state index in [-0.39, 0.29) is 18.1 Å². The quantitative estimate of drug-likeness (QED) is 0.587. The van der Waals surface area contributed by atoms with Gasteiger partial charge in [-0.3, -0.25) is 29.2 Å². The number of carbonyl (C=O) groups excluding carboxylic acids is 2. The summed E-state index contributed by atoms with van der Waals surface area (Å²) in [6.45, 7) is 6.53. The summed E-state index contributed by atoms with van der Waals surface area (Å²) in [4.78, 5) is 46.7. The fourth-order valence-electron chi connectivity index (χ4n) is 6.06. The van der Waals surface area contributed by atoms with Crippen molar-refractivity contribution in [2.24, 2.45) is 9.98 Å². The Bertz CT molecular complexity index is 1200. The van der Waals surface area contributed by atoms with Crippen LogP contribution in [0.3, 0.4) is 0 Å². The number of piperidine rings is 1. The number of aryl methyl sites for hydroxylation is 1. The van der Waals surface area contributed by atoms with Gasteiger partial charge in [0, 0.05) is 51.5 Å². The molecular weight excluding hydrogens is 470 g/mol. The third-order valence-corrected chi connectivity index (χ3v) is 8.24. The molecule has 0 aromatic carbocycles. The number of nitrogens with zero attached hydrogens (tertiary/aromatic N) is 9. The minimum absolute atomic E-state index is 0.0992. The van der Waals surface area contributed by atoms with Crippen LogP contribution < -0.4 is 0 Å². The summed E-state index contributed by atoms with van der Waals surface area (Å²) in [5.74, 6) is 0.408. The van der Waals surface area contributed by atoms with Gasteiger partial charge in [-0.2, -0.15) is 5.10 Å². The smallest absolute Gasteiger partial charge is 0.325 e. The second kappa shape index (κ2) is 8.76. The van der Waals surface area contributed by atoms with Crippen LogP contribution in [-0.4, -0.2) is 122 Å². The summed E-state index contributed by atoms with van der Waals surface area (Å²) in [6, 6.07) is 2.66. The van der Waals surface area contributed by atoms with Crippen molar-refractivity contribution in [2.75, 3.05) is 40.9 Å². The number of hydrogen-bond donors (Lipinski definition) is 0. The molecule has 11 heteroatoms. The zero-order valence-electron chi connectivity index (χ0n) is 22.5. The highest BCUT2D eigenvalue weighted by Gasteiger charge is 2.61. The molecule has 0 bridgehead atoms. The van der Waals surface area contributed by atoms with Crippen molar-refractivity contribution in [1.29, 1.82) is 0 Å². The standard InChI is InChI=1S/C26H37N9O2/c1-6-32-15-19(28-21-14-20(23(36)30(3)4)34(7-2)29-21)22-26(31(5)16-27-22)12-13-33(24(26)32)25(37)35(17-8-9-17)18-10-11-18/h12-14,17-18,24H,6-11,15-16H2,1-5H3. The number of likely N-dealkylation sites (tertiary alicyclic amines) is 1. The molecule has 2 atom stereocenters. The molecule has 3 amide bonds. The average Bonchev–Trinajstić information content (AvgIpc) is 3.80. The zero-order chi connectivity index (χ0) is 26.1. The number of amides is 3. The average molecular weight is 508 g/mol. The van der Waals surface area contributed by atoms with E-state index in [0.29, 0.717) is 43.4 Å². The van der Waals surface area contributed by atoms with Gasteiger partial charge in [-0.15, -0.1) is 0 Å². The number of hydrogen-bond acceptors (Lipinski definition) is 7. The van der Waals surface area contributed by atoms with E-state index in [0.717, 1.165) is 43.7 Å². The van der Waals surface area contributed by atoms with E-state index < -0.39 is 5.54 Å². The Hall–Kier alpha value is -3.05. The van der Waals surface area contributed by atoms with E-state index in [9.17, 15) is 9.59 Å². The van der Waals surface area contributed by atoms with Crippen LogP contribution in [0.4, 0.5) is 10.6 Å². The van der Waals surface area contributed by atoms with E-state index in [2.05, 4.69) is 39.8 Å². The number of aromatic nitrogens is 2. The van der Waals surface area contributed by atoms with Crippen LogP contribution in [0.1, 0.15) is 50.0 Å². The maximum Gasteiger partial charge on any atom is 0.325 e. The first-order valence-electron chi connectivity index (χ1n) is 13.5. The predicted molar refractivity (Wildman–Crippen MR) is 141 cm³/mol. The van der Waals surface area contributed by atoms with Crippen molar-refractivity contribution in [3.63, 3.8) is 0 Å². The Morgan fingerprint density at radius 1 is 1.14 bits per heavy atom. The topological polar surface area (TPSA) is 92.9 Å². The third-order valence-electron chi connectivity index (χ3n) is 8.24. The molecule has 1 aromatic heterocycles. The highest BCUT2D eigenvalue weighted by Crippen LogP contribution is 2.44. The van der Waals surface area contributed by atoms with Crippen LogP contribution in [-0.2, 0) is 6.54 Å². The summed E-state index contributed by atoms with van der Waals surface area (Å²) < 4.78 is 1.70. The molecule has 2 unspecified atom stereocenters. The fourth-order valence-corrected chi connectivity index (χ4v) is 6.06. The number of likely N-dealkylation sites (N-methyl/N-ethyl adjacent to an activating group) is 2. The summed E-state index contributed by atoms with van der Waals surface area (Å²) in [5, 5.41) is 4.62. The number of carbonyl (C=O) groups is 2. The Balaban J connectivity index is 1.36. The zero-order valence-corrected chi connectivity index (χ0v) is 22.5. The SMILES string of the molecule is CCN1CC(=Nc2cc(C(=O)N(C)C)n(CC)n2)C2=NCN(C)C23C=CN(C(=O)N(C2CC2)C2CC2)C13. The lowest BCUT2D eigenvalue weighted by atomic mass is 9.83. The summed E-state index contributed by atoms with van der Waals surface area (Å²) in [5.41, 5.74) is 1.70. The minimum Gasteiger partial charge on any atom is -0.343 e. The first-order valence-corrected chi connectivity index (χ1v) is 13.5. The molecule has 198 valence electrons. The molecule has 1 saturated heterocycles. The molecule has 2 saturated carbocycles. The van der Waals surface area contributed by atoms with Crippen molar-refractivity contribution in [3.8, 4) is 0 Å². The first-order chi connectivity index (χ1) is 17.8. The number of rotatable bonds is 6. The molecule has 1 aromatic rings. The lowest BCUT2D eigenvalue weighted by Gasteiger charge is -2.50. The molecular formula is C26H37N9O2. The summed E-state index contributed by atoms with van der Waals surface area (Å²) in [7, 11) is 5.54. The van der Waals surface area contributed by atoms with Gasteiger partial charge in [0.1, 0.15) is 17.4 Å². The van der Waals surface area contributed by atoms with E-state index in [1.165, 1.54) is 0 Å². The first kappa shape index (κ1) is 24.3. The molecule has 3 aliphatic heterocycles. The number of aliphatic imine (C=N–C) groups is 2. The molecule has 0 N–H and O–H groups in total. The molecule has 11 nitrogen and oxygen atoms in total. The van der Waals surface area contributed by atoms with Gasteiger partial charge in [-0.25, -0.2) is 9.79 Å². The second-order valence-corrected chi connectivity index (χ2v) is 10.9. The van der Waals surface area contributed by atoms with Crippen LogP contribution in [0.2, 0.25) is 0 Å². The van der Waals surface area contributed by atoms with Crippen LogP contribution in [0.25, 0.3) is 0 Å². The van der Waals surface area contributed by atoms with Crippen LogP contribution in [0.15, 0.2) is 28.3 Å². The van der Waals surface area contributed by atoms with E-state index in [1.54, 1.807) is 29.7 Å². The highest BCUT2D eigenvalue weighted by molar-refractivity contribution is 6.48. The maximum absolute atomic E-state index is 13.9. The van der Waals surface area contributed by atoms with Gasteiger partial charge < -0.3 is 9.80 Å².